The summed E-state index contributed by atoms with van der Waals surface area (Å²) in [7, 11) is 0. The summed E-state index contributed by atoms with van der Waals surface area (Å²) < 4.78 is 24.6. The number of benzene rings is 2. The number of piperidine rings is 1. The van der Waals surface area contributed by atoms with E-state index in [1.165, 1.54) is 30.0 Å². The molecule has 0 aliphatic carbocycles. The minimum absolute atomic E-state index is 0.135. The maximum absolute atomic E-state index is 13.9. The molecule has 2 fully saturated rings. The lowest BCUT2D eigenvalue weighted by atomic mass is 9.93. The van der Waals surface area contributed by atoms with Crippen LogP contribution in [0.1, 0.15) is 78.2 Å². The molecule has 8 heteroatoms. The van der Waals surface area contributed by atoms with Crippen LogP contribution in [0.15, 0.2) is 66.7 Å². The molecule has 3 heterocycles. The smallest absolute Gasteiger partial charge is 0.248 e. The first kappa shape index (κ1) is 34.2. The molecule has 2 aromatic carbocycles. The SMILES string of the molecule is C=C(C)CN1CCC(c2cccc(OCc3ccc(Cl)cc3F)n2)CC1.CCC1CCO1.Cc1ccc(C(N)=O)cc1C. The van der Waals surface area contributed by atoms with Crippen molar-refractivity contribution in [3.8, 4) is 5.88 Å². The fourth-order valence-electron chi connectivity index (χ4n) is 4.80. The van der Waals surface area contributed by atoms with Gasteiger partial charge in [-0.2, -0.15) is 0 Å². The van der Waals surface area contributed by atoms with Gasteiger partial charge in [0.15, 0.2) is 0 Å². The molecule has 0 spiro atoms. The maximum atomic E-state index is 13.9. The van der Waals surface area contributed by atoms with Crippen molar-refractivity contribution in [2.45, 2.75) is 72.0 Å². The van der Waals surface area contributed by atoms with E-state index < -0.39 is 0 Å². The van der Waals surface area contributed by atoms with Crippen molar-refractivity contribution in [3.63, 3.8) is 0 Å². The summed E-state index contributed by atoms with van der Waals surface area (Å²) in [6, 6.07) is 15.9. The summed E-state index contributed by atoms with van der Waals surface area (Å²) in [5, 5.41) is 0.379. The fraction of sp³-hybridized carbons (Fsp3) is 0.429. The number of likely N-dealkylation sites (tertiary alicyclic amines) is 1. The lowest BCUT2D eigenvalue weighted by Gasteiger charge is -2.31. The van der Waals surface area contributed by atoms with Crippen molar-refractivity contribution in [3.05, 3.63) is 106 Å². The summed E-state index contributed by atoms with van der Waals surface area (Å²) in [5.74, 6) is 0.236. The molecule has 232 valence electrons. The molecule has 1 atom stereocenters. The molecule has 0 bridgehead atoms. The lowest BCUT2D eigenvalue weighted by Crippen LogP contribution is -2.34. The van der Waals surface area contributed by atoms with E-state index in [0.717, 1.165) is 50.3 Å². The summed E-state index contributed by atoms with van der Waals surface area (Å²) in [5.41, 5.74) is 10.7. The summed E-state index contributed by atoms with van der Waals surface area (Å²) in [6.45, 7) is 16.4. The number of carbonyl (C=O) groups is 1. The number of carbonyl (C=O) groups excluding carboxylic acids is 1. The average Bonchev–Trinajstić information content (AvgIpc) is 2.94. The molecule has 2 saturated heterocycles. The Hall–Kier alpha value is -3.26. The van der Waals surface area contributed by atoms with Crippen LogP contribution in [0.2, 0.25) is 5.02 Å². The van der Waals surface area contributed by atoms with Gasteiger partial charge in [0, 0.05) is 47.0 Å². The third kappa shape index (κ3) is 11.4. The van der Waals surface area contributed by atoms with Crippen LogP contribution in [0.5, 0.6) is 5.88 Å². The van der Waals surface area contributed by atoms with Crippen LogP contribution in [0, 0.1) is 19.7 Å². The Morgan fingerprint density at radius 1 is 1.12 bits per heavy atom. The quantitative estimate of drug-likeness (QED) is 0.264. The van der Waals surface area contributed by atoms with Crippen molar-refractivity contribution < 1.29 is 18.7 Å². The zero-order valence-corrected chi connectivity index (χ0v) is 26.6. The second-order valence-corrected chi connectivity index (χ2v) is 11.7. The molecule has 0 saturated carbocycles. The normalized spacial score (nSPS) is 16.6. The Balaban J connectivity index is 0.000000242. The summed E-state index contributed by atoms with van der Waals surface area (Å²) in [4.78, 5) is 17.8. The number of aromatic nitrogens is 1. The number of rotatable bonds is 8. The highest BCUT2D eigenvalue weighted by atomic mass is 35.5. The minimum Gasteiger partial charge on any atom is -0.473 e. The van der Waals surface area contributed by atoms with Crippen molar-refractivity contribution in [2.24, 2.45) is 5.73 Å². The molecule has 1 aromatic heterocycles. The monoisotopic (exact) mass is 609 g/mol. The fourth-order valence-corrected chi connectivity index (χ4v) is 4.96. The largest absolute Gasteiger partial charge is 0.473 e. The third-order valence-corrected chi connectivity index (χ3v) is 7.91. The van der Waals surface area contributed by atoms with Crippen LogP contribution in [0.25, 0.3) is 0 Å². The first-order valence-corrected chi connectivity index (χ1v) is 15.3. The molecule has 2 aliphatic heterocycles. The van der Waals surface area contributed by atoms with E-state index in [0.29, 0.717) is 34.1 Å². The minimum atomic E-state index is -0.367. The van der Waals surface area contributed by atoms with Gasteiger partial charge in [-0.3, -0.25) is 9.69 Å². The molecule has 6 nitrogen and oxygen atoms in total. The van der Waals surface area contributed by atoms with Gasteiger partial charge in [-0.05, 0) is 101 Å². The summed E-state index contributed by atoms with van der Waals surface area (Å²) >= 11 is 5.78. The first-order valence-electron chi connectivity index (χ1n) is 14.9. The first-order chi connectivity index (χ1) is 20.5. The standard InChI is InChI=1S/C21H24ClFN2O.C9H11NO.C5H10O/c1-15(2)13-25-10-8-16(9-11-25)20-4-3-5-21(24-20)26-14-17-6-7-18(22)12-19(17)23;1-6-3-4-8(9(10)11)5-7(6)2;1-2-5-3-4-6-5/h3-7,12,16H,1,8-11,13-14H2,2H3;3-5H,1-2H3,(H2,10,11);5H,2-4H2,1H3. The van der Waals surface area contributed by atoms with Crippen molar-refractivity contribution >= 4 is 17.5 Å². The topological polar surface area (TPSA) is 77.7 Å². The Morgan fingerprint density at radius 2 is 1.84 bits per heavy atom. The molecule has 2 N–H and O–H groups in total. The molecule has 43 heavy (non-hydrogen) atoms. The van der Waals surface area contributed by atoms with E-state index in [1.807, 2.05) is 32.0 Å². The zero-order chi connectivity index (χ0) is 31.4. The Morgan fingerprint density at radius 3 is 2.37 bits per heavy atom. The van der Waals surface area contributed by atoms with Gasteiger partial charge in [-0.15, -0.1) is 0 Å². The van der Waals surface area contributed by atoms with Crippen LogP contribution in [-0.4, -0.2) is 48.1 Å². The number of aryl methyl sites for hydroxylation is 2. The van der Waals surface area contributed by atoms with Gasteiger partial charge in [-0.25, -0.2) is 9.37 Å². The highest BCUT2D eigenvalue weighted by Crippen LogP contribution is 2.28. The number of ether oxygens (including phenoxy) is 2. The van der Waals surface area contributed by atoms with Crippen LogP contribution in [0.4, 0.5) is 4.39 Å². The molecule has 3 aromatic rings. The number of nitrogens with zero attached hydrogens (tertiary/aromatic N) is 2. The second kappa shape index (κ2) is 17.1. The van der Waals surface area contributed by atoms with E-state index in [-0.39, 0.29) is 18.3 Å². The lowest BCUT2D eigenvalue weighted by molar-refractivity contribution is -0.0516. The Kier molecular flexibility index (Phi) is 13.6. The van der Waals surface area contributed by atoms with Crippen molar-refractivity contribution in [2.75, 3.05) is 26.2 Å². The number of amides is 1. The average molecular weight is 610 g/mol. The summed E-state index contributed by atoms with van der Waals surface area (Å²) in [6.07, 6.45) is 5.26. The molecular formula is C35H45ClFN3O3. The predicted molar refractivity (Wildman–Crippen MR) is 172 cm³/mol. The van der Waals surface area contributed by atoms with Gasteiger partial charge in [0.05, 0.1) is 6.10 Å². The van der Waals surface area contributed by atoms with Crippen LogP contribution >= 0.6 is 11.6 Å². The number of halogens is 2. The van der Waals surface area contributed by atoms with E-state index in [2.05, 4.69) is 36.4 Å². The molecular weight excluding hydrogens is 565 g/mol. The van der Waals surface area contributed by atoms with E-state index in [4.69, 9.17) is 26.8 Å². The molecule has 1 unspecified atom stereocenters. The van der Waals surface area contributed by atoms with Gasteiger partial charge in [0.2, 0.25) is 11.8 Å². The Bertz CT molecular complexity index is 1350. The van der Waals surface area contributed by atoms with Gasteiger partial charge < -0.3 is 15.2 Å². The highest BCUT2D eigenvalue weighted by molar-refractivity contribution is 6.30. The van der Waals surface area contributed by atoms with Crippen LogP contribution in [0.3, 0.4) is 0 Å². The van der Waals surface area contributed by atoms with Gasteiger partial charge in [-0.1, -0.05) is 48.9 Å². The molecule has 2 aliphatic rings. The zero-order valence-electron chi connectivity index (χ0n) is 25.9. The number of primary amides is 1. The Labute approximate surface area is 261 Å². The van der Waals surface area contributed by atoms with E-state index in [1.54, 1.807) is 24.3 Å². The van der Waals surface area contributed by atoms with Crippen LogP contribution < -0.4 is 10.5 Å². The van der Waals surface area contributed by atoms with Gasteiger partial charge in [0.1, 0.15) is 12.4 Å². The molecule has 0 radical (unpaired) electrons. The molecule has 5 rings (SSSR count). The van der Waals surface area contributed by atoms with Crippen molar-refractivity contribution in [1.29, 1.82) is 0 Å². The van der Waals surface area contributed by atoms with E-state index >= 15 is 0 Å². The van der Waals surface area contributed by atoms with Gasteiger partial charge in [0.25, 0.3) is 0 Å². The third-order valence-electron chi connectivity index (χ3n) is 7.68. The van der Waals surface area contributed by atoms with E-state index in [9.17, 15) is 9.18 Å². The van der Waals surface area contributed by atoms with Crippen LogP contribution in [-0.2, 0) is 11.3 Å². The predicted octanol–water partition coefficient (Wildman–Crippen LogP) is 7.80. The maximum Gasteiger partial charge on any atom is 0.248 e. The number of pyridine rings is 1. The number of nitrogens with two attached hydrogens (primary N) is 1. The number of hydrogen-bond acceptors (Lipinski definition) is 5. The molecule has 1 amide bonds. The number of hydrogen-bond donors (Lipinski definition) is 1. The second-order valence-electron chi connectivity index (χ2n) is 11.3. The van der Waals surface area contributed by atoms with Gasteiger partial charge >= 0.3 is 0 Å². The van der Waals surface area contributed by atoms with Crippen molar-refractivity contribution in [1.82, 2.24) is 9.88 Å². The highest BCUT2D eigenvalue weighted by Gasteiger charge is 2.22.